The van der Waals surface area contributed by atoms with E-state index >= 15 is 0 Å². The van der Waals surface area contributed by atoms with E-state index in [9.17, 15) is 5.26 Å². The van der Waals surface area contributed by atoms with Gasteiger partial charge in [0, 0.05) is 18.5 Å². The lowest BCUT2D eigenvalue weighted by Crippen LogP contribution is -2.49. The van der Waals surface area contributed by atoms with Gasteiger partial charge in [0.25, 0.3) is 0 Å². The predicted molar refractivity (Wildman–Crippen MR) is 77.7 cm³/mol. The van der Waals surface area contributed by atoms with Crippen LogP contribution in [0.15, 0.2) is 42.7 Å². The number of hydrogen-bond donors (Lipinski definition) is 0. The van der Waals surface area contributed by atoms with Crippen molar-refractivity contribution in [3.05, 3.63) is 48.3 Å². The van der Waals surface area contributed by atoms with Crippen molar-refractivity contribution in [3.63, 3.8) is 0 Å². The summed E-state index contributed by atoms with van der Waals surface area (Å²) in [6, 6.07) is 12.2. The molecule has 0 bridgehead atoms. The fourth-order valence-corrected chi connectivity index (χ4v) is 2.62. The zero-order valence-electron chi connectivity index (χ0n) is 11.2. The van der Waals surface area contributed by atoms with Crippen molar-refractivity contribution in [1.82, 2.24) is 20.0 Å². The van der Waals surface area contributed by atoms with Crippen molar-refractivity contribution in [3.8, 4) is 6.07 Å². The smallest absolute Gasteiger partial charge is 0.147 e. The molecule has 0 spiro atoms. The normalized spacial score (nSPS) is 14.9. The molecule has 1 fully saturated rings. The maximum Gasteiger partial charge on any atom is 0.147 e. The number of benzene rings is 1. The van der Waals surface area contributed by atoms with E-state index in [-0.39, 0.29) is 6.04 Å². The number of para-hydroxylation sites is 1. The molecule has 6 nitrogen and oxygen atoms in total. The monoisotopic (exact) mass is 276 g/mol. The molecule has 0 N–H and O–H groups in total. The first-order valence-electron chi connectivity index (χ1n) is 6.76. The van der Waals surface area contributed by atoms with Crippen molar-refractivity contribution in [2.24, 2.45) is 0 Å². The molecule has 0 aliphatic carbocycles. The number of fused-ring (bicyclic) bond motifs is 1. The van der Waals surface area contributed by atoms with E-state index < -0.39 is 0 Å². The highest BCUT2D eigenvalue weighted by Gasteiger charge is 2.32. The Hall–Kier alpha value is -2.94. The molecule has 1 aromatic carbocycles. The summed E-state index contributed by atoms with van der Waals surface area (Å²) in [5, 5.41) is 18.6. The molecular weight excluding hydrogens is 264 g/mol. The largest absolute Gasteiger partial charge is 0.351 e. The van der Waals surface area contributed by atoms with Crippen molar-refractivity contribution >= 4 is 16.7 Å². The minimum Gasteiger partial charge on any atom is -0.351 e. The van der Waals surface area contributed by atoms with Crippen LogP contribution in [0.2, 0.25) is 0 Å². The lowest BCUT2D eigenvalue weighted by molar-refractivity contribution is 0.331. The van der Waals surface area contributed by atoms with Gasteiger partial charge in [-0.1, -0.05) is 18.2 Å². The molecule has 3 heterocycles. The Balaban J connectivity index is 1.66. The van der Waals surface area contributed by atoms with E-state index in [2.05, 4.69) is 26.2 Å². The molecule has 21 heavy (non-hydrogen) atoms. The molecule has 0 amide bonds. The maximum atomic E-state index is 9.35. The molecule has 4 rings (SSSR count). The Kier molecular flexibility index (Phi) is 2.57. The topological polar surface area (TPSA) is 70.6 Å². The molecule has 1 aliphatic heterocycles. The number of hydrogen-bond acceptors (Lipinski definition) is 5. The summed E-state index contributed by atoms with van der Waals surface area (Å²) in [5.41, 5.74) is 1.52. The average molecular weight is 276 g/mol. The number of pyridine rings is 1. The quantitative estimate of drug-likeness (QED) is 0.713. The van der Waals surface area contributed by atoms with E-state index in [0.29, 0.717) is 5.56 Å². The van der Waals surface area contributed by atoms with E-state index in [4.69, 9.17) is 0 Å². The molecule has 0 atom stereocenters. The molecule has 3 aromatic rings. The van der Waals surface area contributed by atoms with Crippen LogP contribution in [-0.4, -0.2) is 33.1 Å². The summed E-state index contributed by atoms with van der Waals surface area (Å²) < 4.78 is 0. The van der Waals surface area contributed by atoms with Crippen molar-refractivity contribution in [1.29, 1.82) is 5.26 Å². The third-order valence-corrected chi connectivity index (χ3v) is 3.75. The minimum atomic E-state index is 0.250. The Bertz CT molecular complexity index is 827. The van der Waals surface area contributed by atoms with E-state index in [1.807, 2.05) is 30.3 Å². The maximum absolute atomic E-state index is 9.35. The van der Waals surface area contributed by atoms with Gasteiger partial charge in [-0.05, 0) is 12.1 Å². The predicted octanol–water partition coefficient (Wildman–Crippen LogP) is 1.76. The van der Waals surface area contributed by atoms with Gasteiger partial charge < -0.3 is 4.90 Å². The molecule has 0 unspecified atom stereocenters. The molecule has 102 valence electrons. The van der Waals surface area contributed by atoms with Gasteiger partial charge in [0.05, 0.1) is 23.5 Å². The van der Waals surface area contributed by atoms with Crippen LogP contribution in [0.5, 0.6) is 0 Å². The second-order valence-corrected chi connectivity index (χ2v) is 5.07. The highest BCUT2D eigenvalue weighted by atomic mass is 15.5. The van der Waals surface area contributed by atoms with Gasteiger partial charge in [-0.3, -0.25) is 0 Å². The Morgan fingerprint density at radius 3 is 2.67 bits per heavy atom. The summed E-state index contributed by atoms with van der Waals surface area (Å²) in [6.45, 7) is 1.55. The highest BCUT2D eigenvalue weighted by Crippen LogP contribution is 2.30. The Labute approximate surface area is 121 Å². The molecule has 6 heteroatoms. The first kappa shape index (κ1) is 11.9. The van der Waals surface area contributed by atoms with Crippen LogP contribution in [0.25, 0.3) is 10.9 Å². The summed E-state index contributed by atoms with van der Waals surface area (Å²) in [7, 11) is 0. The van der Waals surface area contributed by atoms with Gasteiger partial charge in [0.2, 0.25) is 0 Å². The third kappa shape index (κ3) is 1.91. The minimum absolute atomic E-state index is 0.250. The standard InChI is InChI=1S/C15H12N6/c16-8-12-7-11-3-1-2-4-14(11)19-15(12)20-9-13(10-20)21-17-5-6-18-21/h1-7,13H,9-10H2. The van der Waals surface area contributed by atoms with Crippen LogP contribution in [0.1, 0.15) is 11.6 Å². The number of anilines is 1. The average Bonchev–Trinajstić information content (AvgIpc) is 2.99. The highest BCUT2D eigenvalue weighted by molar-refractivity contribution is 5.83. The van der Waals surface area contributed by atoms with Gasteiger partial charge in [0.1, 0.15) is 17.9 Å². The van der Waals surface area contributed by atoms with Gasteiger partial charge in [-0.2, -0.15) is 20.3 Å². The van der Waals surface area contributed by atoms with Crippen molar-refractivity contribution < 1.29 is 0 Å². The van der Waals surface area contributed by atoms with E-state index in [1.54, 1.807) is 17.2 Å². The first-order chi connectivity index (χ1) is 10.3. The zero-order valence-corrected chi connectivity index (χ0v) is 11.2. The molecule has 1 aliphatic rings. The van der Waals surface area contributed by atoms with Crippen LogP contribution in [0, 0.1) is 11.3 Å². The van der Waals surface area contributed by atoms with E-state index in [1.165, 1.54) is 0 Å². The van der Waals surface area contributed by atoms with Crippen molar-refractivity contribution in [2.45, 2.75) is 6.04 Å². The lowest BCUT2D eigenvalue weighted by atomic mass is 10.1. The summed E-state index contributed by atoms with van der Waals surface area (Å²) >= 11 is 0. The lowest BCUT2D eigenvalue weighted by Gasteiger charge is -2.39. The van der Waals surface area contributed by atoms with Gasteiger partial charge in [0.15, 0.2) is 0 Å². The Morgan fingerprint density at radius 1 is 1.14 bits per heavy atom. The van der Waals surface area contributed by atoms with Crippen molar-refractivity contribution in [2.75, 3.05) is 18.0 Å². The second-order valence-electron chi connectivity index (χ2n) is 5.07. The van der Waals surface area contributed by atoms with Gasteiger partial charge in [-0.25, -0.2) is 4.98 Å². The summed E-state index contributed by atoms with van der Waals surface area (Å²) in [6.07, 6.45) is 3.36. The third-order valence-electron chi connectivity index (χ3n) is 3.75. The fourth-order valence-electron chi connectivity index (χ4n) is 2.62. The van der Waals surface area contributed by atoms with Crippen LogP contribution < -0.4 is 4.90 Å². The number of aromatic nitrogens is 4. The molecule has 0 saturated carbocycles. The van der Waals surface area contributed by atoms with Crippen LogP contribution in [-0.2, 0) is 0 Å². The van der Waals surface area contributed by atoms with Crippen LogP contribution in [0.3, 0.4) is 0 Å². The summed E-state index contributed by atoms with van der Waals surface area (Å²) in [5.74, 6) is 0.750. The van der Waals surface area contributed by atoms with Gasteiger partial charge >= 0.3 is 0 Å². The Morgan fingerprint density at radius 2 is 1.90 bits per heavy atom. The zero-order chi connectivity index (χ0) is 14.2. The first-order valence-corrected chi connectivity index (χ1v) is 6.76. The molecule has 2 aromatic heterocycles. The summed E-state index contributed by atoms with van der Waals surface area (Å²) in [4.78, 5) is 8.45. The van der Waals surface area contributed by atoms with Crippen LogP contribution in [0.4, 0.5) is 5.82 Å². The van der Waals surface area contributed by atoms with E-state index in [0.717, 1.165) is 29.8 Å². The SMILES string of the molecule is N#Cc1cc2ccccc2nc1N1CC(n2nccn2)C1. The molecule has 0 radical (unpaired) electrons. The number of rotatable bonds is 2. The second kappa shape index (κ2) is 4.56. The number of nitriles is 1. The fraction of sp³-hybridized carbons (Fsp3) is 0.200. The molecule has 1 saturated heterocycles. The van der Waals surface area contributed by atoms with Gasteiger partial charge in [-0.15, -0.1) is 0 Å². The number of nitrogens with zero attached hydrogens (tertiary/aromatic N) is 6. The molecular formula is C15H12N6. The van der Waals surface area contributed by atoms with Crippen LogP contribution >= 0.6 is 0 Å².